The molecular formula is C17H19FN2O3S2. The van der Waals surface area contributed by atoms with Crippen molar-refractivity contribution in [3.05, 3.63) is 46.6 Å². The van der Waals surface area contributed by atoms with Crippen molar-refractivity contribution in [1.82, 2.24) is 4.31 Å². The molecule has 0 aliphatic carbocycles. The molecule has 8 heteroatoms. The highest BCUT2D eigenvalue weighted by Crippen LogP contribution is 2.30. The van der Waals surface area contributed by atoms with Crippen LogP contribution in [-0.2, 0) is 14.8 Å². The van der Waals surface area contributed by atoms with E-state index in [1.54, 1.807) is 25.1 Å². The van der Waals surface area contributed by atoms with Crippen LogP contribution in [0.15, 0.2) is 34.5 Å². The molecule has 1 atom stereocenters. The normalized spacial score (nSPS) is 18.4. The monoisotopic (exact) mass is 382 g/mol. The smallest absolute Gasteiger partial charge is 0.253 e. The third-order valence-electron chi connectivity index (χ3n) is 4.17. The second-order valence-electron chi connectivity index (χ2n) is 6.11. The zero-order valence-electron chi connectivity index (χ0n) is 14.0. The third-order valence-corrected chi connectivity index (χ3v) is 7.54. The van der Waals surface area contributed by atoms with Crippen LogP contribution in [-0.4, -0.2) is 31.2 Å². The average molecular weight is 382 g/mol. The van der Waals surface area contributed by atoms with Crippen LogP contribution < -0.4 is 5.32 Å². The molecule has 1 unspecified atom stereocenters. The molecule has 1 saturated heterocycles. The van der Waals surface area contributed by atoms with E-state index in [0.717, 1.165) is 10.4 Å². The number of rotatable bonds is 4. The number of carbonyl (C=O) groups is 1. The standard InChI is InChI=1S/C17H19FN2O3S2/c1-11-5-7-14(13(18)10-11)19-17(21)15-4-3-9-20(15)25(22,23)16-8-6-12(2)24-16/h5-8,10,15H,3-4,9H2,1-2H3,(H,19,21). The number of aryl methyl sites for hydroxylation is 2. The van der Waals surface area contributed by atoms with Gasteiger partial charge in [0.1, 0.15) is 16.1 Å². The second-order valence-corrected chi connectivity index (χ2v) is 9.52. The van der Waals surface area contributed by atoms with Crippen molar-refractivity contribution in [3.8, 4) is 0 Å². The highest BCUT2D eigenvalue weighted by molar-refractivity contribution is 7.91. The molecule has 0 radical (unpaired) electrons. The molecule has 0 saturated carbocycles. The van der Waals surface area contributed by atoms with Gasteiger partial charge in [0.05, 0.1) is 5.69 Å². The molecule has 2 aromatic rings. The number of hydrogen-bond donors (Lipinski definition) is 1. The number of nitrogens with one attached hydrogen (secondary N) is 1. The summed E-state index contributed by atoms with van der Waals surface area (Å²) in [5, 5.41) is 2.52. The van der Waals surface area contributed by atoms with Crippen LogP contribution in [0, 0.1) is 19.7 Å². The third kappa shape index (κ3) is 3.61. The first-order valence-electron chi connectivity index (χ1n) is 7.94. The van der Waals surface area contributed by atoms with Gasteiger partial charge in [-0.15, -0.1) is 11.3 Å². The van der Waals surface area contributed by atoms with E-state index in [1.807, 2.05) is 6.92 Å². The Hall–Kier alpha value is -1.77. The van der Waals surface area contributed by atoms with Gasteiger partial charge in [0, 0.05) is 11.4 Å². The summed E-state index contributed by atoms with van der Waals surface area (Å²) in [4.78, 5) is 13.5. The van der Waals surface area contributed by atoms with E-state index in [2.05, 4.69) is 5.32 Å². The summed E-state index contributed by atoms with van der Waals surface area (Å²) < 4.78 is 41.0. The predicted molar refractivity (Wildman–Crippen MR) is 95.7 cm³/mol. The van der Waals surface area contributed by atoms with Gasteiger partial charge in [0.25, 0.3) is 10.0 Å². The van der Waals surface area contributed by atoms with Crippen LogP contribution >= 0.6 is 11.3 Å². The minimum Gasteiger partial charge on any atom is -0.322 e. The molecule has 0 bridgehead atoms. The van der Waals surface area contributed by atoms with E-state index in [0.29, 0.717) is 12.8 Å². The largest absolute Gasteiger partial charge is 0.322 e. The van der Waals surface area contributed by atoms with Gasteiger partial charge in [-0.3, -0.25) is 4.79 Å². The maximum atomic E-state index is 14.0. The predicted octanol–water partition coefficient (Wildman–Crippen LogP) is 3.30. The van der Waals surface area contributed by atoms with Crippen LogP contribution in [0.2, 0.25) is 0 Å². The number of benzene rings is 1. The molecule has 1 aliphatic heterocycles. The first-order chi connectivity index (χ1) is 11.8. The average Bonchev–Trinajstić information content (AvgIpc) is 3.19. The van der Waals surface area contributed by atoms with Crippen molar-refractivity contribution in [2.24, 2.45) is 0 Å². The molecule has 3 rings (SSSR count). The van der Waals surface area contributed by atoms with Gasteiger partial charge in [-0.05, 0) is 56.5 Å². The van der Waals surface area contributed by atoms with E-state index in [4.69, 9.17) is 0 Å². The highest BCUT2D eigenvalue weighted by Gasteiger charge is 2.40. The zero-order valence-corrected chi connectivity index (χ0v) is 15.6. The second kappa shape index (κ2) is 6.86. The Balaban J connectivity index is 1.82. The van der Waals surface area contributed by atoms with Crippen molar-refractivity contribution in [2.75, 3.05) is 11.9 Å². The molecule has 1 aliphatic rings. The molecule has 25 heavy (non-hydrogen) atoms. The zero-order chi connectivity index (χ0) is 18.2. The maximum absolute atomic E-state index is 14.0. The number of nitrogens with zero attached hydrogens (tertiary/aromatic N) is 1. The molecule has 5 nitrogen and oxygen atoms in total. The molecule has 1 aromatic heterocycles. The van der Waals surface area contributed by atoms with Crippen molar-refractivity contribution in [1.29, 1.82) is 0 Å². The Kier molecular flexibility index (Phi) is 4.95. The molecular weight excluding hydrogens is 363 g/mol. The lowest BCUT2D eigenvalue weighted by Crippen LogP contribution is -2.43. The van der Waals surface area contributed by atoms with Crippen molar-refractivity contribution >= 4 is 33.0 Å². The van der Waals surface area contributed by atoms with Gasteiger partial charge < -0.3 is 5.32 Å². The lowest BCUT2D eigenvalue weighted by atomic mass is 10.2. The summed E-state index contributed by atoms with van der Waals surface area (Å²) in [5.41, 5.74) is 0.806. The maximum Gasteiger partial charge on any atom is 0.253 e. The van der Waals surface area contributed by atoms with Gasteiger partial charge in [-0.1, -0.05) is 6.07 Å². The molecule has 2 heterocycles. The van der Waals surface area contributed by atoms with E-state index < -0.39 is 27.8 Å². The van der Waals surface area contributed by atoms with Gasteiger partial charge >= 0.3 is 0 Å². The number of sulfonamides is 1. The van der Waals surface area contributed by atoms with E-state index >= 15 is 0 Å². The number of thiophene rings is 1. The first kappa shape index (κ1) is 18.0. The van der Waals surface area contributed by atoms with Gasteiger partial charge in [0.2, 0.25) is 5.91 Å². The van der Waals surface area contributed by atoms with Crippen molar-refractivity contribution in [2.45, 2.75) is 36.9 Å². The molecule has 1 fully saturated rings. The van der Waals surface area contributed by atoms with Crippen LogP contribution in [0.4, 0.5) is 10.1 Å². The minimum absolute atomic E-state index is 0.0619. The van der Waals surface area contributed by atoms with E-state index in [-0.39, 0.29) is 16.4 Å². The summed E-state index contributed by atoms with van der Waals surface area (Å²) in [7, 11) is -3.72. The quantitative estimate of drug-likeness (QED) is 0.882. The minimum atomic E-state index is -3.72. The fourth-order valence-electron chi connectivity index (χ4n) is 2.89. The SMILES string of the molecule is Cc1ccc(NC(=O)C2CCCN2S(=O)(=O)c2ccc(C)s2)c(F)c1. The number of anilines is 1. The fraction of sp³-hybridized carbons (Fsp3) is 0.353. The Morgan fingerprint density at radius 2 is 2.04 bits per heavy atom. The Morgan fingerprint density at radius 1 is 1.28 bits per heavy atom. The number of halogens is 1. The molecule has 0 spiro atoms. The molecule has 1 aromatic carbocycles. The topological polar surface area (TPSA) is 66.5 Å². The van der Waals surface area contributed by atoms with Crippen LogP contribution in [0.25, 0.3) is 0 Å². The summed E-state index contributed by atoms with van der Waals surface area (Å²) in [5.74, 6) is -1.04. The van der Waals surface area contributed by atoms with Crippen LogP contribution in [0.1, 0.15) is 23.3 Å². The summed E-state index contributed by atoms with van der Waals surface area (Å²) in [6.07, 6.45) is 1.01. The molecule has 1 N–H and O–H groups in total. The number of carbonyl (C=O) groups excluding carboxylic acids is 1. The Labute approximate surface area is 150 Å². The first-order valence-corrected chi connectivity index (χ1v) is 10.2. The highest BCUT2D eigenvalue weighted by atomic mass is 32.2. The van der Waals surface area contributed by atoms with Gasteiger partial charge in [0.15, 0.2) is 0 Å². The summed E-state index contributed by atoms with van der Waals surface area (Å²) in [6, 6.07) is 6.97. The van der Waals surface area contributed by atoms with Crippen molar-refractivity contribution in [3.63, 3.8) is 0 Å². The molecule has 134 valence electrons. The van der Waals surface area contributed by atoms with E-state index in [1.165, 1.54) is 27.8 Å². The van der Waals surface area contributed by atoms with Crippen LogP contribution in [0.5, 0.6) is 0 Å². The number of amides is 1. The lowest BCUT2D eigenvalue weighted by Gasteiger charge is -2.22. The van der Waals surface area contributed by atoms with Crippen molar-refractivity contribution < 1.29 is 17.6 Å². The fourth-order valence-corrected chi connectivity index (χ4v) is 5.96. The van der Waals surface area contributed by atoms with Crippen LogP contribution in [0.3, 0.4) is 0 Å². The summed E-state index contributed by atoms with van der Waals surface area (Å²) >= 11 is 1.18. The molecule has 1 amide bonds. The Bertz CT molecular complexity index is 908. The lowest BCUT2D eigenvalue weighted by molar-refractivity contribution is -0.119. The van der Waals surface area contributed by atoms with Gasteiger partial charge in [-0.2, -0.15) is 4.31 Å². The van der Waals surface area contributed by atoms with E-state index in [9.17, 15) is 17.6 Å². The number of hydrogen-bond acceptors (Lipinski definition) is 4. The van der Waals surface area contributed by atoms with Gasteiger partial charge in [-0.25, -0.2) is 12.8 Å². The summed E-state index contributed by atoms with van der Waals surface area (Å²) in [6.45, 7) is 3.87. The Morgan fingerprint density at radius 3 is 2.68 bits per heavy atom.